The molecular weight excluding hydrogens is 168 g/mol. The topological polar surface area (TPSA) is 38.8 Å². The first-order chi connectivity index (χ1) is 6.09. The van der Waals surface area contributed by atoms with E-state index >= 15 is 0 Å². The molecule has 0 radical (unpaired) electrons. The fourth-order valence-electron chi connectivity index (χ4n) is 1.01. The first-order valence-corrected chi connectivity index (χ1v) is 4.56. The number of carbonyl (C=O) groups is 1. The average molecular weight is 184 g/mol. The van der Waals surface area contributed by atoms with Gasteiger partial charge < -0.3 is 9.47 Å². The molecule has 0 saturated carbocycles. The molecule has 3 heteroatoms. The van der Waals surface area contributed by atoms with E-state index in [9.17, 15) is 4.79 Å². The van der Waals surface area contributed by atoms with Crippen molar-refractivity contribution in [3.63, 3.8) is 0 Å². The SMILES string of the molecule is C/C(=C\C(C)C)C(=O)OCC1CO1. The number of epoxide rings is 1. The summed E-state index contributed by atoms with van der Waals surface area (Å²) in [4.78, 5) is 11.3. The second-order valence-corrected chi connectivity index (χ2v) is 3.65. The van der Waals surface area contributed by atoms with Crippen LogP contribution in [0, 0.1) is 5.92 Å². The van der Waals surface area contributed by atoms with E-state index < -0.39 is 0 Å². The van der Waals surface area contributed by atoms with E-state index in [-0.39, 0.29) is 12.1 Å². The van der Waals surface area contributed by atoms with Crippen LogP contribution in [0.2, 0.25) is 0 Å². The van der Waals surface area contributed by atoms with Crippen LogP contribution in [0.4, 0.5) is 0 Å². The first-order valence-electron chi connectivity index (χ1n) is 4.56. The van der Waals surface area contributed by atoms with E-state index in [4.69, 9.17) is 9.47 Å². The number of carbonyl (C=O) groups excluding carboxylic acids is 1. The summed E-state index contributed by atoms with van der Waals surface area (Å²) in [7, 11) is 0. The van der Waals surface area contributed by atoms with E-state index in [0.717, 1.165) is 6.61 Å². The molecule has 0 amide bonds. The van der Waals surface area contributed by atoms with Crippen LogP contribution in [0.15, 0.2) is 11.6 Å². The van der Waals surface area contributed by atoms with Gasteiger partial charge in [0.25, 0.3) is 0 Å². The summed E-state index contributed by atoms with van der Waals surface area (Å²) in [6, 6.07) is 0. The highest BCUT2D eigenvalue weighted by Crippen LogP contribution is 2.10. The molecule has 0 aromatic carbocycles. The molecule has 74 valence electrons. The minimum absolute atomic E-state index is 0.149. The van der Waals surface area contributed by atoms with Crippen LogP contribution < -0.4 is 0 Å². The van der Waals surface area contributed by atoms with Gasteiger partial charge in [-0.2, -0.15) is 0 Å². The molecule has 1 aliphatic rings. The number of allylic oxidation sites excluding steroid dienone is 1. The third-order valence-electron chi connectivity index (χ3n) is 1.71. The van der Waals surface area contributed by atoms with Crippen LogP contribution in [0.5, 0.6) is 0 Å². The lowest BCUT2D eigenvalue weighted by molar-refractivity contribution is -0.139. The molecule has 1 fully saturated rings. The monoisotopic (exact) mass is 184 g/mol. The summed E-state index contributed by atoms with van der Waals surface area (Å²) in [5, 5.41) is 0. The summed E-state index contributed by atoms with van der Waals surface area (Å²) in [6.45, 7) is 6.94. The minimum Gasteiger partial charge on any atom is -0.459 e. The molecule has 1 aliphatic heterocycles. The zero-order valence-electron chi connectivity index (χ0n) is 8.37. The average Bonchev–Trinajstić information content (AvgIpc) is 2.81. The molecule has 3 nitrogen and oxygen atoms in total. The molecule has 0 aromatic rings. The predicted molar refractivity (Wildman–Crippen MR) is 49.3 cm³/mol. The summed E-state index contributed by atoms with van der Waals surface area (Å²) >= 11 is 0. The van der Waals surface area contributed by atoms with Gasteiger partial charge in [-0.1, -0.05) is 19.9 Å². The maximum atomic E-state index is 11.3. The van der Waals surface area contributed by atoms with Crippen molar-refractivity contribution in [1.82, 2.24) is 0 Å². The summed E-state index contributed by atoms with van der Waals surface area (Å²) in [5.41, 5.74) is 0.677. The van der Waals surface area contributed by atoms with Crippen molar-refractivity contribution in [3.05, 3.63) is 11.6 Å². The van der Waals surface area contributed by atoms with Crippen molar-refractivity contribution in [2.24, 2.45) is 5.92 Å². The predicted octanol–water partition coefficient (Wildman–Crippen LogP) is 1.53. The fourth-order valence-corrected chi connectivity index (χ4v) is 1.01. The second kappa shape index (κ2) is 4.42. The molecule has 0 aliphatic carbocycles. The van der Waals surface area contributed by atoms with E-state index in [2.05, 4.69) is 0 Å². The maximum absolute atomic E-state index is 11.3. The van der Waals surface area contributed by atoms with Gasteiger partial charge in [0.05, 0.1) is 6.61 Å². The molecule has 0 spiro atoms. The van der Waals surface area contributed by atoms with Gasteiger partial charge in [-0.3, -0.25) is 0 Å². The number of ether oxygens (including phenoxy) is 2. The normalized spacial score (nSPS) is 21.8. The Hall–Kier alpha value is -0.830. The van der Waals surface area contributed by atoms with E-state index in [1.807, 2.05) is 19.9 Å². The zero-order chi connectivity index (χ0) is 9.84. The Morgan fingerprint density at radius 1 is 1.69 bits per heavy atom. The lowest BCUT2D eigenvalue weighted by Crippen LogP contribution is -2.11. The van der Waals surface area contributed by atoms with Gasteiger partial charge >= 0.3 is 5.97 Å². The minimum atomic E-state index is -0.232. The van der Waals surface area contributed by atoms with Crippen molar-refractivity contribution >= 4 is 5.97 Å². The third kappa shape index (κ3) is 4.08. The number of esters is 1. The van der Waals surface area contributed by atoms with Crippen molar-refractivity contribution < 1.29 is 14.3 Å². The molecule has 1 unspecified atom stereocenters. The molecule has 0 bridgehead atoms. The fraction of sp³-hybridized carbons (Fsp3) is 0.700. The molecule has 1 saturated heterocycles. The van der Waals surface area contributed by atoms with Gasteiger partial charge in [0.15, 0.2) is 0 Å². The highest BCUT2D eigenvalue weighted by atomic mass is 16.6. The van der Waals surface area contributed by atoms with Crippen molar-refractivity contribution in [2.75, 3.05) is 13.2 Å². The highest BCUT2D eigenvalue weighted by molar-refractivity contribution is 5.87. The summed E-state index contributed by atoms with van der Waals surface area (Å²) < 4.78 is 9.92. The molecule has 13 heavy (non-hydrogen) atoms. The Labute approximate surface area is 78.7 Å². The number of hydrogen-bond acceptors (Lipinski definition) is 3. The molecule has 1 atom stereocenters. The van der Waals surface area contributed by atoms with Gasteiger partial charge in [0.1, 0.15) is 12.7 Å². The summed E-state index contributed by atoms with van der Waals surface area (Å²) in [5.74, 6) is 0.147. The van der Waals surface area contributed by atoms with Crippen LogP contribution in [0.25, 0.3) is 0 Å². The largest absolute Gasteiger partial charge is 0.459 e. The molecule has 1 heterocycles. The van der Waals surface area contributed by atoms with Crippen LogP contribution >= 0.6 is 0 Å². The van der Waals surface area contributed by atoms with Gasteiger partial charge in [-0.25, -0.2) is 4.79 Å². The zero-order valence-corrected chi connectivity index (χ0v) is 8.37. The molecule has 0 N–H and O–H groups in total. The Bertz CT molecular complexity index is 214. The smallest absolute Gasteiger partial charge is 0.333 e. The van der Waals surface area contributed by atoms with E-state index in [0.29, 0.717) is 18.1 Å². The molecule has 0 aromatic heterocycles. The van der Waals surface area contributed by atoms with E-state index in [1.54, 1.807) is 6.92 Å². The van der Waals surface area contributed by atoms with Crippen molar-refractivity contribution in [2.45, 2.75) is 26.9 Å². The standard InChI is InChI=1S/C10H16O3/c1-7(2)4-8(3)10(11)13-6-9-5-12-9/h4,7,9H,5-6H2,1-3H3/b8-4+. The lowest BCUT2D eigenvalue weighted by atomic mass is 10.1. The first kappa shape index (κ1) is 10.3. The van der Waals surface area contributed by atoms with Crippen molar-refractivity contribution in [1.29, 1.82) is 0 Å². The Morgan fingerprint density at radius 2 is 2.31 bits per heavy atom. The molecular formula is C10H16O3. The van der Waals surface area contributed by atoms with E-state index in [1.165, 1.54) is 0 Å². The van der Waals surface area contributed by atoms with Crippen LogP contribution in [-0.4, -0.2) is 25.3 Å². The number of rotatable bonds is 4. The summed E-state index contributed by atoms with van der Waals surface area (Å²) in [6.07, 6.45) is 2.05. The molecule has 1 rings (SSSR count). The van der Waals surface area contributed by atoms with Crippen LogP contribution in [0.3, 0.4) is 0 Å². The Morgan fingerprint density at radius 3 is 2.77 bits per heavy atom. The Balaban J connectivity index is 2.27. The number of hydrogen-bond donors (Lipinski definition) is 0. The van der Waals surface area contributed by atoms with Crippen LogP contribution in [0.1, 0.15) is 20.8 Å². The van der Waals surface area contributed by atoms with Gasteiger partial charge in [-0.15, -0.1) is 0 Å². The third-order valence-corrected chi connectivity index (χ3v) is 1.71. The highest BCUT2D eigenvalue weighted by Gasteiger charge is 2.24. The quantitative estimate of drug-likeness (QED) is 0.378. The van der Waals surface area contributed by atoms with Crippen molar-refractivity contribution in [3.8, 4) is 0 Å². The van der Waals surface area contributed by atoms with Gasteiger partial charge in [0.2, 0.25) is 0 Å². The second-order valence-electron chi connectivity index (χ2n) is 3.65. The lowest BCUT2D eigenvalue weighted by Gasteiger charge is -2.03. The van der Waals surface area contributed by atoms with Gasteiger partial charge in [-0.05, 0) is 12.8 Å². The maximum Gasteiger partial charge on any atom is 0.333 e. The van der Waals surface area contributed by atoms with Crippen LogP contribution in [-0.2, 0) is 14.3 Å². The Kier molecular flexibility index (Phi) is 3.48. The van der Waals surface area contributed by atoms with Gasteiger partial charge in [0, 0.05) is 5.57 Å².